The average Bonchev–Trinajstić information content (AvgIpc) is 3.04. The number of nitrogens with zero attached hydrogens (tertiary/aromatic N) is 1. The quantitative estimate of drug-likeness (QED) is 0.913. The summed E-state index contributed by atoms with van der Waals surface area (Å²) < 4.78 is 11.5. The number of hydrogen-bond acceptors (Lipinski definition) is 5. The molecule has 1 aliphatic heterocycles. The minimum absolute atomic E-state index is 0.0231. The number of thiophene rings is 1. The van der Waals surface area contributed by atoms with E-state index < -0.39 is 0 Å². The van der Waals surface area contributed by atoms with E-state index in [2.05, 4.69) is 10.3 Å². The molecular weight excluding hydrogens is 312 g/mol. The minimum atomic E-state index is -0.194. The van der Waals surface area contributed by atoms with Crippen LogP contribution in [0.4, 0.5) is 0 Å². The first-order valence-corrected chi connectivity index (χ1v) is 8.57. The third kappa shape index (κ3) is 4.53. The van der Waals surface area contributed by atoms with Crippen molar-refractivity contribution in [3.63, 3.8) is 0 Å². The van der Waals surface area contributed by atoms with E-state index in [0.29, 0.717) is 25.4 Å². The molecule has 1 fully saturated rings. The van der Waals surface area contributed by atoms with E-state index >= 15 is 0 Å². The maximum absolute atomic E-state index is 12.2. The molecule has 1 N–H and O–H groups in total. The number of aromatic nitrogens is 1. The van der Waals surface area contributed by atoms with Crippen LogP contribution in [0.5, 0.6) is 5.75 Å². The monoisotopic (exact) mass is 332 g/mol. The number of pyridine rings is 1. The first-order chi connectivity index (χ1) is 11.2. The molecule has 0 spiro atoms. The topological polar surface area (TPSA) is 60.5 Å². The average molecular weight is 332 g/mol. The molecule has 5 nitrogen and oxygen atoms in total. The summed E-state index contributed by atoms with van der Waals surface area (Å²) in [5.41, 5.74) is 0.943. The van der Waals surface area contributed by atoms with Gasteiger partial charge in [-0.05, 0) is 36.9 Å². The predicted octanol–water partition coefficient (Wildman–Crippen LogP) is 2.35. The Labute approximate surface area is 139 Å². The maximum atomic E-state index is 12.2. The zero-order chi connectivity index (χ0) is 16.1. The summed E-state index contributed by atoms with van der Waals surface area (Å²) >= 11 is 1.59. The van der Waals surface area contributed by atoms with E-state index in [4.69, 9.17) is 9.47 Å². The maximum Gasteiger partial charge on any atom is 0.225 e. The van der Waals surface area contributed by atoms with E-state index in [-0.39, 0.29) is 18.1 Å². The molecule has 0 unspecified atom stereocenters. The van der Waals surface area contributed by atoms with Gasteiger partial charge in [-0.25, -0.2) is 0 Å². The lowest BCUT2D eigenvalue weighted by Gasteiger charge is -2.32. The Morgan fingerprint density at radius 3 is 3.13 bits per heavy atom. The van der Waals surface area contributed by atoms with Gasteiger partial charge in [0.05, 0.1) is 25.3 Å². The van der Waals surface area contributed by atoms with Gasteiger partial charge in [-0.15, -0.1) is 11.3 Å². The number of carbonyl (C=O) groups is 1. The number of hydrogen-bond donors (Lipinski definition) is 1. The van der Waals surface area contributed by atoms with Gasteiger partial charge in [-0.3, -0.25) is 9.78 Å². The van der Waals surface area contributed by atoms with E-state index in [0.717, 1.165) is 17.0 Å². The summed E-state index contributed by atoms with van der Waals surface area (Å²) in [6.07, 6.45) is 2.67. The van der Waals surface area contributed by atoms with Gasteiger partial charge in [0.25, 0.3) is 0 Å². The van der Waals surface area contributed by atoms with Crippen molar-refractivity contribution >= 4 is 17.2 Å². The highest BCUT2D eigenvalue weighted by molar-refractivity contribution is 7.10. The zero-order valence-corrected chi connectivity index (χ0v) is 13.8. The Morgan fingerprint density at radius 1 is 1.48 bits per heavy atom. The highest BCUT2D eigenvalue weighted by Gasteiger charge is 2.29. The van der Waals surface area contributed by atoms with Crippen LogP contribution in [0.15, 0.2) is 35.8 Å². The van der Waals surface area contributed by atoms with Crippen molar-refractivity contribution in [1.82, 2.24) is 10.3 Å². The fourth-order valence-corrected chi connectivity index (χ4v) is 3.22. The molecule has 0 bridgehead atoms. The summed E-state index contributed by atoms with van der Waals surface area (Å²) in [5.74, 6) is 0.721. The molecule has 2 aromatic heterocycles. The number of nitrogens with one attached hydrogen (secondary N) is 1. The third-order valence-electron chi connectivity index (χ3n) is 3.74. The molecule has 0 aromatic carbocycles. The molecule has 1 amide bonds. The Kier molecular flexibility index (Phi) is 5.25. The SMILES string of the molecule is Cc1ccc(O[C@@H]2COCC[C@@H]2NC(=O)Cc2cccs2)cn1. The lowest BCUT2D eigenvalue weighted by atomic mass is 10.1. The van der Waals surface area contributed by atoms with Crippen LogP contribution in [-0.4, -0.2) is 36.3 Å². The van der Waals surface area contributed by atoms with Crippen LogP contribution in [0.25, 0.3) is 0 Å². The van der Waals surface area contributed by atoms with Gasteiger partial charge in [0, 0.05) is 17.2 Å². The van der Waals surface area contributed by atoms with Gasteiger partial charge in [-0.1, -0.05) is 6.07 Å². The molecule has 6 heteroatoms. The molecule has 1 aliphatic rings. The molecule has 2 aromatic rings. The summed E-state index contributed by atoms with van der Waals surface area (Å²) in [6, 6.07) is 7.68. The van der Waals surface area contributed by atoms with Crippen molar-refractivity contribution in [2.45, 2.75) is 31.9 Å². The standard InChI is InChI=1S/C17H20N2O3S/c1-12-4-5-13(10-18-12)22-16-11-21-7-6-15(16)19-17(20)9-14-3-2-8-23-14/h2-5,8,10,15-16H,6-7,9,11H2,1H3,(H,19,20)/t15-,16+/m0/s1. The van der Waals surface area contributed by atoms with Crippen LogP contribution < -0.4 is 10.1 Å². The Balaban J connectivity index is 1.59. The molecule has 3 heterocycles. The Hall–Kier alpha value is -1.92. The van der Waals surface area contributed by atoms with Crippen LogP contribution in [0.3, 0.4) is 0 Å². The highest BCUT2D eigenvalue weighted by Crippen LogP contribution is 2.18. The van der Waals surface area contributed by atoms with Crippen molar-refractivity contribution in [3.05, 3.63) is 46.4 Å². The molecular formula is C17H20N2O3S. The summed E-state index contributed by atoms with van der Waals surface area (Å²) in [7, 11) is 0. The van der Waals surface area contributed by atoms with Crippen LogP contribution in [0.2, 0.25) is 0 Å². The molecule has 0 saturated carbocycles. The van der Waals surface area contributed by atoms with Crippen LogP contribution in [-0.2, 0) is 16.0 Å². The molecule has 1 saturated heterocycles. The molecule has 0 radical (unpaired) electrons. The van der Waals surface area contributed by atoms with Crippen molar-refractivity contribution in [3.8, 4) is 5.75 Å². The number of aryl methyl sites for hydroxylation is 1. The lowest BCUT2D eigenvalue weighted by Crippen LogP contribution is -2.51. The highest BCUT2D eigenvalue weighted by atomic mass is 32.1. The molecule has 0 aliphatic carbocycles. The van der Waals surface area contributed by atoms with E-state index in [1.165, 1.54) is 0 Å². The fourth-order valence-electron chi connectivity index (χ4n) is 2.52. The van der Waals surface area contributed by atoms with E-state index in [1.807, 2.05) is 36.6 Å². The van der Waals surface area contributed by atoms with E-state index in [1.54, 1.807) is 17.5 Å². The van der Waals surface area contributed by atoms with Crippen molar-refractivity contribution in [2.24, 2.45) is 0 Å². The number of amides is 1. The first kappa shape index (κ1) is 16.0. The number of ether oxygens (including phenoxy) is 2. The van der Waals surface area contributed by atoms with Crippen molar-refractivity contribution < 1.29 is 14.3 Å². The summed E-state index contributed by atoms with van der Waals surface area (Å²) in [6.45, 7) is 3.04. The first-order valence-electron chi connectivity index (χ1n) is 7.69. The molecule has 2 atom stereocenters. The minimum Gasteiger partial charge on any atom is -0.484 e. The van der Waals surface area contributed by atoms with Crippen LogP contribution in [0.1, 0.15) is 17.0 Å². The summed E-state index contributed by atoms with van der Waals surface area (Å²) in [5, 5.41) is 5.06. The third-order valence-corrected chi connectivity index (χ3v) is 4.61. The number of rotatable bonds is 5. The van der Waals surface area contributed by atoms with Gasteiger partial charge in [0.15, 0.2) is 0 Å². The van der Waals surface area contributed by atoms with Crippen molar-refractivity contribution in [2.75, 3.05) is 13.2 Å². The molecule has 3 rings (SSSR count). The predicted molar refractivity (Wildman–Crippen MR) is 88.8 cm³/mol. The largest absolute Gasteiger partial charge is 0.484 e. The van der Waals surface area contributed by atoms with Gasteiger partial charge >= 0.3 is 0 Å². The molecule has 122 valence electrons. The zero-order valence-electron chi connectivity index (χ0n) is 13.0. The van der Waals surface area contributed by atoms with Crippen LogP contribution in [0, 0.1) is 6.92 Å². The Morgan fingerprint density at radius 2 is 2.39 bits per heavy atom. The van der Waals surface area contributed by atoms with Gasteiger partial charge in [0.2, 0.25) is 5.91 Å². The van der Waals surface area contributed by atoms with E-state index in [9.17, 15) is 4.79 Å². The number of carbonyl (C=O) groups excluding carboxylic acids is 1. The van der Waals surface area contributed by atoms with Gasteiger partial charge in [0.1, 0.15) is 11.9 Å². The normalized spacial score (nSPS) is 20.9. The van der Waals surface area contributed by atoms with Gasteiger partial charge in [-0.2, -0.15) is 0 Å². The van der Waals surface area contributed by atoms with Crippen LogP contribution >= 0.6 is 11.3 Å². The summed E-state index contributed by atoms with van der Waals surface area (Å²) in [4.78, 5) is 17.5. The second-order valence-electron chi connectivity index (χ2n) is 5.59. The van der Waals surface area contributed by atoms with Gasteiger partial charge < -0.3 is 14.8 Å². The lowest BCUT2D eigenvalue weighted by molar-refractivity contribution is -0.123. The second-order valence-corrected chi connectivity index (χ2v) is 6.62. The fraction of sp³-hybridized carbons (Fsp3) is 0.412. The molecule has 23 heavy (non-hydrogen) atoms. The smallest absolute Gasteiger partial charge is 0.225 e. The van der Waals surface area contributed by atoms with Crippen molar-refractivity contribution in [1.29, 1.82) is 0 Å². The Bertz CT molecular complexity index is 628. The second kappa shape index (κ2) is 7.57.